The fourth-order valence-corrected chi connectivity index (χ4v) is 1.51. The third-order valence-corrected chi connectivity index (χ3v) is 2.48. The molecule has 2 rings (SSSR count). The first-order valence-electron chi connectivity index (χ1n) is 5.91. The summed E-state index contributed by atoms with van der Waals surface area (Å²) in [4.78, 5) is 10.0. The Kier molecular flexibility index (Phi) is 4.49. The van der Waals surface area contributed by atoms with Gasteiger partial charge in [-0.15, -0.1) is 0 Å². The fraction of sp³-hybridized carbons (Fsp3) is 0.143. The molecule has 6 heteroatoms. The maximum absolute atomic E-state index is 12.7. The summed E-state index contributed by atoms with van der Waals surface area (Å²) in [5.41, 5.74) is 0.0138. The molecule has 0 bridgehead atoms. The van der Waals surface area contributed by atoms with Crippen LogP contribution in [-0.2, 0) is 0 Å². The van der Waals surface area contributed by atoms with Gasteiger partial charge in [0.2, 0.25) is 0 Å². The quantitative estimate of drug-likeness (QED) is 0.462. The van der Waals surface area contributed by atoms with E-state index >= 15 is 0 Å². The van der Waals surface area contributed by atoms with Gasteiger partial charge in [0.1, 0.15) is 30.5 Å². The van der Waals surface area contributed by atoms with E-state index in [9.17, 15) is 14.5 Å². The Morgan fingerprint density at radius 2 is 1.35 bits per heavy atom. The molecule has 0 heterocycles. The summed E-state index contributed by atoms with van der Waals surface area (Å²) in [5.74, 6) is 0.761. The molecule has 0 spiro atoms. The van der Waals surface area contributed by atoms with Gasteiger partial charge in [0, 0.05) is 12.1 Å². The van der Waals surface area contributed by atoms with Crippen molar-refractivity contribution in [3.8, 4) is 11.5 Å². The Balaban J connectivity index is 1.75. The summed E-state index contributed by atoms with van der Waals surface area (Å²) in [7, 11) is 0. The van der Waals surface area contributed by atoms with Crippen LogP contribution in [0.4, 0.5) is 10.1 Å². The normalized spacial score (nSPS) is 10.1. The van der Waals surface area contributed by atoms with E-state index in [0.717, 1.165) is 0 Å². The highest BCUT2D eigenvalue weighted by Gasteiger charge is 2.04. The van der Waals surface area contributed by atoms with Crippen molar-refractivity contribution in [1.29, 1.82) is 0 Å². The van der Waals surface area contributed by atoms with E-state index in [1.54, 1.807) is 0 Å². The van der Waals surface area contributed by atoms with Crippen molar-refractivity contribution in [3.63, 3.8) is 0 Å². The molecule has 0 radical (unpaired) electrons. The minimum absolute atomic E-state index is 0.0138. The molecule has 0 aliphatic rings. The molecule has 0 aliphatic carbocycles. The van der Waals surface area contributed by atoms with Gasteiger partial charge in [-0.1, -0.05) is 0 Å². The van der Waals surface area contributed by atoms with Crippen LogP contribution in [0.5, 0.6) is 11.5 Å². The summed E-state index contributed by atoms with van der Waals surface area (Å²) < 4.78 is 23.4. The van der Waals surface area contributed by atoms with Crippen molar-refractivity contribution >= 4 is 5.69 Å². The third-order valence-electron chi connectivity index (χ3n) is 2.48. The van der Waals surface area contributed by atoms with Crippen LogP contribution in [0.3, 0.4) is 0 Å². The van der Waals surface area contributed by atoms with E-state index in [-0.39, 0.29) is 18.1 Å². The molecular weight excluding hydrogens is 265 g/mol. The largest absolute Gasteiger partial charge is 0.490 e. The van der Waals surface area contributed by atoms with Crippen LogP contribution in [0.25, 0.3) is 0 Å². The summed E-state index contributed by atoms with van der Waals surface area (Å²) in [6.07, 6.45) is 0. The molecule has 20 heavy (non-hydrogen) atoms. The SMILES string of the molecule is O=[N+]([O-])c1ccc(OCCOc2ccc(F)cc2)cc1. The standard InChI is InChI=1S/C14H12FNO4/c15-11-1-5-13(6-2-11)19-9-10-20-14-7-3-12(4-8-14)16(17)18/h1-8H,9-10H2. The Morgan fingerprint density at radius 3 is 1.80 bits per heavy atom. The second-order valence-corrected chi connectivity index (χ2v) is 3.90. The Labute approximate surface area is 114 Å². The molecule has 2 aromatic rings. The Bertz CT molecular complexity index is 569. The number of rotatable bonds is 6. The third kappa shape index (κ3) is 3.94. The second-order valence-electron chi connectivity index (χ2n) is 3.90. The minimum Gasteiger partial charge on any atom is -0.490 e. The van der Waals surface area contributed by atoms with Crippen molar-refractivity contribution in [2.75, 3.05) is 13.2 Å². The summed E-state index contributed by atoms with van der Waals surface area (Å²) >= 11 is 0. The predicted molar refractivity (Wildman–Crippen MR) is 70.5 cm³/mol. The van der Waals surface area contributed by atoms with Crippen molar-refractivity contribution < 1.29 is 18.8 Å². The lowest BCUT2D eigenvalue weighted by atomic mass is 10.3. The van der Waals surface area contributed by atoms with Gasteiger partial charge in [0.05, 0.1) is 4.92 Å². The highest BCUT2D eigenvalue weighted by atomic mass is 19.1. The van der Waals surface area contributed by atoms with Crippen LogP contribution in [0, 0.1) is 15.9 Å². The highest BCUT2D eigenvalue weighted by Crippen LogP contribution is 2.17. The van der Waals surface area contributed by atoms with Gasteiger partial charge in [0.25, 0.3) is 5.69 Å². The van der Waals surface area contributed by atoms with E-state index in [2.05, 4.69) is 0 Å². The Morgan fingerprint density at radius 1 is 0.900 bits per heavy atom. The lowest BCUT2D eigenvalue weighted by Gasteiger charge is -2.08. The molecule has 0 amide bonds. The van der Waals surface area contributed by atoms with Gasteiger partial charge >= 0.3 is 0 Å². The average molecular weight is 277 g/mol. The van der Waals surface area contributed by atoms with Crippen LogP contribution in [0.15, 0.2) is 48.5 Å². The number of non-ortho nitro benzene ring substituents is 1. The second kappa shape index (κ2) is 6.51. The predicted octanol–water partition coefficient (Wildman–Crippen LogP) is 3.19. The molecule has 5 nitrogen and oxygen atoms in total. The highest BCUT2D eigenvalue weighted by molar-refractivity contribution is 5.35. The maximum atomic E-state index is 12.7. The molecule has 0 N–H and O–H groups in total. The molecule has 2 aromatic carbocycles. The molecule has 0 fully saturated rings. The van der Waals surface area contributed by atoms with Gasteiger partial charge in [-0.25, -0.2) is 4.39 Å². The number of hydrogen-bond acceptors (Lipinski definition) is 4. The topological polar surface area (TPSA) is 61.6 Å². The van der Waals surface area contributed by atoms with Gasteiger partial charge in [-0.3, -0.25) is 10.1 Å². The molecule has 0 unspecified atom stereocenters. The smallest absolute Gasteiger partial charge is 0.269 e. The first-order chi connectivity index (χ1) is 9.65. The zero-order valence-electron chi connectivity index (χ0n) is 10.5. The first-order valence-corrected chi connectivity index (χ1v) is 5.91. The number of benzene rings is 2. The van der Waals surface area contributed by atoms with Crippen molar-refractivity contribution in [2.45, 2.75) is 0 Å². The Hall–Kier alpha value is -2.63. The van der Waals surface area contributed by atoms with Crippen LogP contribution < -0.4 is 9.47 Å². The average Bonchev–Trinajstić information content (AvgIpc) is 2.46. The zero-order valence-corrected chi connectivity index (χ0v) is 10.5. The van der Waals surface area contributed by atoms with Gasteiger partial charge in [-0.05, 0) is 36.4 Å². The molecule has 0 aliphatic heterocycles. The lowest BCUT2D eigenvalue weighted by molar-refractivity contribution is -0.384. The van der Waals surface area contributed by atoms with Crippen LogP contribution in [0.1, 0.15) is 0 Å². The van der Waals surface area contributed by atoms with E-state index < -0.39 is 4.92 Å². The summed E-state index contributed by atoms with van der Waals surface area (Å²) in [5, 5.41) is 10.5. The van der Waals surface area contributed by atoms with Crippen LogP contribution in [0.2, 0.25) is 0 Å². The monoisotopic (exact) mass is 277 g/mol. The van der Waals surface area contributed by atoms with Crippen molar-refractivity contribution in [3.05, 3.63) is 64.5 Å². The van der Waals surface area contributed by atoms with Crippen LogP contribution >= 0.6 is 0 Å². The number of nitrogens with zero attached hydrogens (tertiary/aromatic N) is 1. The number of halogens is 1. The first kappa shape index (κ1) is 13.8. The summed E-state index contributed by atoms with van der Waals surface area (Å²) in [6, 6.07) is 11.5. The molecule has 104 valence electrons. The molecule has 0 saturated heterocycles. The molecular formula is C14H12FNO4. The molecule has 0 saturated carbocycles. The van der Waals surface area contributed by atoms with Crippen molar-refractivity contribution in [1.82, 2.24) is 0 Å². The van der Waals surface area contributed by atoms with Crippen molar-refractivity contribution in [2.24, 2.45) is 0 Å². The molecule has 0 atom stereocenters. The van der Waals surface area contributed by atoms with Crippen LogP contribution in [-0.4, -0.2) is 18.1 Å². The van der Waals surface area contributed by atoms with Gasteiger partial charge in [-0.2, -0.15) is 0 Å². The minimum atomic E-state index is -0.471. The van der Waals surface area contributed by atoms with E-state index in [1.165, 1.54) is 48.5 Å². The number of hydrogen-bond donors (Lipinski definition) is 0. The van der Waals surface area contributed by atoms with E-state index in [4.69, 9.17) is 9.47 Å². The number of nitro groups is 1. The fourth-order valence-electron chi connectivity index (χ4n) is 1.51. The van der Waals surface area contributed by atoms with Gasteiger partial charge in [0.15, 0.2) is 0 Å². The van der Waals surface area contributed by atoms with E-state index in [0.29, 0.717) is 18.1 Å². The number of nitro benzene ring substituents is 1. The maximum Gasteiger partial charge on any atom is 0.269 e. The zero-order chi connectivity index (χ0) is 14.4. The van der Waals surface area contributed by atoms with E-state index in [1.807, 2.05) is 0 Å². The molecule has 0 aromatic heterocycles. The van der Waals surface area contributed by atoms with Gasteiger partial charge < -0.3 is 9.47 Å². The lowest BCUT2D eigenvalue weighted by Crippen LogP contribution is -2.08. The number of ether oxygens (including phenoxy) is 2. The summed E-state index contributed by atoms with van der Waals surface area (Å²) in [6.45, 7) is 0.581.